The lowest BCUT2D eigenvalue weighted by Crippen LogP contribution is -2.14. The number of esters is 1. The lowest BCUT2D eigenvalue weighted by Gasteiger charge is -2.22. The van der Waals surface area contributed by atoms with Gasteiger partial charge in [-0.15, -0.1) is 0 Å². The molecular formula is C17H21ClO2. The lowest BCUT2D eigenvalue weighted by atomic mass is 9.95. The van der Waals surface area contributed by atoms with Crippen LogP contribution in [0.15, 0.2) is 30.9 Å². The van der Waals surface area contributed by atoms with Crippen LogP contribution in [0.5, 0.6) is 0 Å². The van der Waals surface area contributed by atoms with Crippen molar-refractivity contribution < 1.29 is 9.53 Å². The summed E-state index contributed by atoms with van der Waals surface area (Å²) in [7, 11) is 0. The van der Waals surface area contributed by atoms with Crippen LogP contribution in [0.25, 0.3) is 6.08 Å². The highest BCUT2D eigenvalue weighted by molar-refractivity contribution is 6.31. The summed E-state index contributed by atoms with van der Waals surface area (Å²) in [5, 5.41) is 0.612. The summed E-state index contributed by atoms with van der Waals surface area (Å²) >= 11 is 6.30. The molecule has 0 bridgehead atoms. The highest BCUT2D eigenvalue weighted by Gasteiger charge is 2.22. The van der Waals surface area contributed by atoms with E-state index < -0.39 is 0 Å². The van der Waals surface area contributed by atoms with Crippen molar-refractivity contribution in [2.75, 3.05) is 0 Å². The Bertz CT molecular complexity index is 532. The van der Waals surface area contributed by atoms with Gasteiger partial charge in [0.25, 0.3) is 0 Å². The van der Waals surface area contributed by atoms with Crippen molar-refractivity contribution in [2.24, 2.45) is 0 Å². The zero-order chi connectivity index (χ0) is 15.3. The summed E-state index contributed by atoms with van der Waals surface area (Å²) < 4.78 is 5.54. The molecule has 1 unspecified atom stereocenters. The Kier molecular flexibility index (Phi) is 6.03. The molecule has 0 saturated carbocycles. The van der Waals surface area contributed by atoms with E-state index in [0.29, 0.717) is 10.6 Å². The predicted molar refractivity (Wildman–Crippen MR) is 84.8 cm³/mol. The second-order valence-corrected chi connectivity index (χ2v) is 5.25. The number of hydrogen-bond donors (Lipinski definition) is 0. The third kappa shape index (κ3) is 3.73. The summed E-state index contributed by atoms with van der Waals surface area (Å²) in [5.41, 5.74) is 3.25. The molecule has 1 aromatic carbocycles. The van der Waals surface area contributed by atoms with Gasteiger partial charge in [0.15, 0.2) is 0 Å². The smallest absolute Gasteiger partial charge is 0.333 e. The Morgan fingerprint density at radius 1 is 1.50 bits per heavy atom. The van der Waals surface area contributed by atoms with Gasteiger partial charge >= 0.3 is 5.97 Å². The molecule has 0 saturated heterocycles. The molecule has 1 aromatic rings. The molecule has 3 heteroatoms. The van der Waals surface area contributed by atoms with Crippen LogP contribution >= 0.6 is 11.6 Å². The molecule has 0 aromatic heterocycles. The Morgan fingerprint density at radius 3 is 2.65 bits per heavy atom. The van der Waals surface area contributed by atoms with E-state index in [1.54, 1.807) is 13.0 Å². The third-order valence-electron chi connectivity index (χ3n) is 3.19. The van der Waals surface area contributed by atoms with Gasteiger partial charge in [0.1, 0.15) is 6.10 Å². The quantitative estimate of drug-likeness (QED) is 0.528. The van der Waals surface area contributed by atoms with E-state index in [2.05, 4.69) is 13.2 Å². The number of carbonyl (C=O) groups excluding carboxylic acids is 1. The van der Waals surface area contributed by atoms with Gasteiger partial charge < -0.3 is 4.74 Å². The summed E-state index contributed by atoms with van der Waals surface area (Å²) in [6.45, 7) is 13.1. The molecule has 0 N–H and O–H groups in total. The van der Waals surface area contributed by atoms with Gasteiger partial charge in [-0.05, 0) is 37.5 Å². The maximum Gasteiger partial charge on any atom is 0.333 e. The number of ether oxygens (including phenoxy) is 1. The Labute approximate surface area is 126 Å². The van der Waals surface area contributed by atoms with E-state index in [-0.39, 0.29) is 12.1 Å². The molecule has 108 valence electrons. The Morgan fingerprint density at radius 2 is 2.15 bits per heavy atom. The Balaban J connectivity index is 3.23. The average Bonchev–Trinajstić information content (AvgIpc) is 2.39. The first-order chi connectivity index (χ1) is 9.42. The fourth-order valence-electron chi connectivity index (χ4n) is 2.08. The molecule has 0 aliphatic rings. The van der Waals surface area contributed by atoms with Gasteiger partial charge in [-0.2, -0.15) is 0 Å². The van der Waals surface area contributed by atoms with E-state index in [9.17, 15) is 4.79 Å². The summed E-state index contributed by atoms with van der Waals surface area (Å²) in [6.07, 6.45) is 3.04. The zero-order valence-corrected chi connectivity index (χ0v) is 13.1. The van der Waals surface area contributed by atoms with Crippen LogP contribution < -0.4 is 0 Å². The number of hydrogen-bond acceptors (Lipinski definition) is 2. The molecule has 0 spiro atoms. The molecule has 2 nitrogen and oxygen atoms in total. The van der Waals surface area contributed by atoms with Gasteiger partial charge in [0, 0.05) is 16.2 Å². The van der Waals surface area contributed by atoms with Gasteiger partial charge in [0.2, 0.25) is 0 Å². The van der Waals surface area contributed by atoms with E-state index in [0.717, 1.165) is 29.5 Å². The zero-order valence-electron chi connectivity index (χ0n) is 12.3. The lowest BCUT2D eigenvalue weighted by molar-refractivity contribution is -0.145. The minimum atomic E-state index is -0.386. The molecule has 0 amide bonds. The highest BCUT2D eigenvalue weighted by Crippen LogP contribution is 2.34. The molecule has 0 aliphatic heterocycles. The van der Waals surface area contributed by atoms with Crippen molar-refractivity contribution in [2.45, 2.75) is 39.7 Å². The van der Waals surface area contributed by atoms with E-state index in [4.69, 9.17) is 16.3 Å². The maximum atomic E-state index is 11.8. The standard InChI is InChI=1S/C17H21ClO2/c1-6-8-15(20-17(19)11(3)4)16-12(5)13(7-2)9-10-14(16)18/h7,9-10,15H,2-3,6,8H2,1,4-5H3. The van der Waals surface area contributed by atoms with Gasteiger partial charge in [0.05, 0.1) is 0 Å². The second-order valence-electron chi connectivity index (χ2n) is 4.84. The molecule has 20 heavy (non-hydrogen) atoms. The minimum Gasteiger partial charge on any atom is -0.454 e. The Hall–Kier alpha value is -1.54. The largest absolute Gasteiger partial charge is 0.454 e. The van der Waals surface area contributed by atoms with E-state index >= 15 is 0 Å². The van der Waals surface area contributed by atoms with Crippen LogP contribution in [0.4, 0.5) is 0 Å². The van der Waals surface area contributed by atoms with Gasteiger partial charge in [-0.3, -0.25) is 0 Å². The van der Waals surface area contributed by atoms with Crippen molar-refractivity contribution in [1.29, 1.82) is 0 Å². The van der Waals surface area contributed by atoms with Crippen LogP contribution in [0.2, 0.25) is 5.02 Å². The molecule has 0 fully saturated rings. The second kappa shape index (κ2) is 7.30. The first-order valence-electron chi connectivity index (χ1n) is 6.70. The third-order valence-corrected chi connectivity index (χ3v) is 3.52. The van der Waals surface area contributed by atoms with Crippen molar-refractivity contribution in [1.82, 2.24) is 0 Å². The normalized spacial score (nSPS) is 11.8. The first-order valence-corrected chi connectivity index (χ1v) is 7.08. The predicted octanol–water partition coefficient (Wildman–Crippen LogP) is 5.25. The van der Waals surface area contributed by atoms with E-state index in [1.807, 2.05) is 26.0 Å². The number of rotatable bonds is 6. The summed E-state index contributed by atoms with van der Waals surface area (Å²) in [5.74, 6) is -0.386. The van der Waals surface area contributed by atoms with Crippen LogP contribution in [-0.2, 0) is 9.53 Å². The SMILES string of the molecule is C=Cc1ccc(Cl)c(C(CCC)OC(=O)C(=C)C)c1C. The number of benzene rings is 1. The average molecular weight is 293 g/mol. The molecular weight excluding hydrogens is 272 g/mol. The number of carbonyl (C=O) groups is 1. The van der Waals surface area contributed by atoms with Gasteiger partial charge in [-0.25, -0.2) is 4.79 Å². The molecule has 0 radical (unpaired) electrons. The minimum absolute atomic E-state index is 0.350. The van der Waals surface area contributed by atoms with Crippen LogP contribution in [0.1, 0.15) is 49.5 Å². The number of halogens is 1. The van der Waals surface area contributed by atoms with Crippen molar-refractivity contribution in [3.63, 3.8) is 0 Å². The van der Waals surface area contributed by atoms with Crippen LogP contribution in [0, 0.1) is 6.92 Å². The van der Waals surface area contributed by atoms with E-state index in [1.165, 1.54) is 0 Å². The summed E-state index contributed by atoms with van der Waals surface area (Å²) in [6, 6.07) is 3.73. The van der Waals surface area contributed by atoms with Crippen molar-refractivity contribution in [3.05, 3.63) is 52.6 Å². The fraction of sp³-hybridized carbons (Fsp3) is 0.353. The summed E-state index contributed by atoms with van der Waals surface area (Å²) in [4.78, 5) is 11.8. The van der Waals surface area contributed by atoms with Gasteiger partial charge in [-0.1, -0.05) is 50.2 Å². The van der Waals surface area contributed by atoms with Crippen LogP contribution in [0.3, 0.4) is 0 Å². The maximum absolute atomic E-state index is 11.8. The highest BCUT2D eigenvalue weighted by atomic mass is 35.5. The monoisotopic (exact) mass is 292 g/mol. The molecule has 0 aliphatic carbocycles. The first kappa shape index (κ1) is 16.5. The fourth-order valence-corrected chi connectivity index (χ4v) is 2.41. The van der Waals surface area contributed by atoms with Crippen molar-refractivity contribution >= 4 is 23.6 Å². The topological polar surface area (TPSA) is 26.3 Å². The molecule has 0 heterocycles. The van der Waals surface area contributed by atoms with Crippen LogP contribution in [-0.4, -0.2) is 5.97 Å². The molecule has 1 rings (SSSR count). The molecule has 1 atom stereocenters. The van der Waals surface area contributed by atoms with Crippen molar-refractivity contribution in [3.8, 4) is 0 Å².